The van der Waals surface area contributed by atoms with Gasteiger partial charge in [0.05, 0.1) is 18.0 Å². The van der Waals surface area contributed by atoms with Gasteiger partial charge in [-0.15, -0.1) is 0 Å². The van der Waals surface area contributed by atoms with E-state index in [9.17, 15) is 9.59 Å². The molecule has 7 heteroatoms. The topological polar surface area (TPSA) is 101 Å². The molecule has 0 unspecified atom stereocenters. The van der Waals surface area contributed by atoms with Crippen molar-refractivity contribution in [1.29, 1.82) is 5.26 Å². The molecule has 2 aromatic rings. The molecule has 0 radical (unpaired) electrons. The molecular formula is C15H16N4O3. The van der Waals surface area contributed by atoms with Crippen LogP contribution in [-0.4, -0.2) is 15.7 Å². The first-order valence-corrected chi connectivity index (χ1v) is 6.75. The molecule has 2 aromatic heterocycles. The monoisotopic (exact) mass is 300 g/mol. The van der Waals surface area contributed by atoms with Crippen molar-refractivity contribution in [1.82, 2.24) is 15.1 Å². The molecule has 0 spiro atoms. The van der Waals surface area contributed by atoms with Gasteiger partial charge in [-0.1, -0.05) is 0 Å². The number of nitrogens with one attached hydrogen (secondary N) is 1. The van der Waals surface area contributed by atoms with E-state index < -0.39 is 5.56 Å². The number of carbonyl (C=O) groups excluding carboxylic acids is 1. The molecule has 1 amide bonds. The van der Waals surface area contributed by atoms with Gasteiger partial charge in [-0.2, -0.15) is 10.4 Å². The third-order valence-electron chi connectivity index (χ3n) is 3.39. The van der Waals surface area contributed by atoms with E-state index in [1.807, 2.05) is 6.07 Å². The van der Waals surface area contributed by atoms with Crippen LogP contribution in [-0.2, 0) is 11.3 Å². The molecule has 0 aromatic carbocycles. The summed E-state index contributed by atoms with van der Waals surface area (Å²) in [5.41, 5.74) is 0.530. The number of furan rings is 1. The summed E-state index contributed by atoms with van der Waals surface area (Å²) in [5.74, 6) is 0.233. The molecule has 0 aliphatic rings. The SMILES string of the molecule is Cc1nn(CC(=O)N[C@H](C)c2ccco2)c(=O)c(C#N)c1C. The highest BCUT2D eigenvalue weighted by atomic mass is 16.3. The first kappa shape index (κ1) is 15.5. The predicted octanol–water partition coefficient (Wildman–Crippen LogP) is 1.20. The maximum atomic E-state index is 12.1. The summed E-state index contributed by atoms with van der Waals surface area (Å²) < 4.78 is 6.20. The summed E-state index contributed by atoms with van der Waals surface area (Å²) in [4.78, 5) is 24.1. The van der Waals surface area contributed by atoms with Gasteiger partial charge in [0.1, 0.15) is 23.9 Å². The third kappa shape index (κ3) is 3.06. The normalized spacial score (nSPS) is 11.7. The summed E-state index contributed by atoms with van der Waals surface area (Å²) in [6.45, 7) is 4.87. The van der Waals surface area contributed by atoms with Crippen molar-refractivity contribution >= 4 is 5.91 Å². The Bertz CT molecular complexity index is 784. The molecule has 0 fully saturated rings. The van der Waals surface area contributed by atoms with Crippen LogP contribution in [0.4, 0.5) is 0 Å². The van der Waals surface area contributed by atoms with Gasteiger partial charge in [0, 0.05) is 0 Å². The molecule has 1 atom stereocenters. The van der Waals surface area contributed by atoms with E-state index >= 15 is 0 Å². The standard InChI is InChI=1S/C15H16N4O3/c1-9-10(2)18-19(15(21)12(9)7-16)8-14(20)17-11(3)13-5-4-6-22-13/h4-6,11H,8H2,1-3H3,(H,17,20)/t11-/m1/s1. The summed E-state index contributed by atoms with van der Waals surface area (Å²) in [5, 5.41) is 15.8. The molecule has 114 valence electrons. The van der Waals surface area contributed by atoms with Gasteiger partial charge in [-0.05, 0) is 38.5 Å². The zero-order valence-corrected chi connectivity index (χ0v) is 12.6. The van der Waals surface area contributed by atoms with E-state index in [1.54, 1.807) is 32.9 Å². The van der Waals surface area contributed by atoms with Gasteiger partial charge in [0.15, 0.2) is 0 Å². The second-order valence-corrected chi connectivity index (χ2v) is 4.96. The number of nitriles is 1. The van der Waals surface area contributed by atoms with Crippen molar-refractivity contribution in [2.75, 3.05) is 0 Å². The molecule has 2 rings (SSSR count). The maximum absolute atomic E-state index is 12.1. The van der Waals surface area contributed by atoms with Crippen LogP contribution in [0.25, 0.3) is 0 Å². The Morgan fingerprint density at radius 3 is 2.86 bits per heavy atom. The maximum Gasteiger partial charge on any atom is 0.285 e. The van der Waals surface area contributed by atoms with Gasteiger partial charge in [0.25, 0.3) is 5.56 Å². The Morgan fingerprint density at radius 1 is 1.55 bits per heavy atom. The fourth-order valence-corrected chi connectivity index (χ4v) is 2.04. The highest BCUT2D eigenvalue weighted by molar-refractivity contribution is 5.76. The molecular weight excluding hydrogens is 284 g/mol. The summed E-state index contributed by atoms with van der Waals surface area (Å²) >= 11 is 0. The molecule has 0 saturated carbocycles. The second-order valence-electron chi connectivity index (χ2n) is 4.96. The molecule has 0 aliphatic carbocycles. The molecule has 7 nitrogen and oxygen atoms in total. The van der Waals surface area contributed by atoms with Crippen LogP contribution in [0.3, 0.4) is 0 Å². The summed E-state index contributed by atoms with van der Waals surface area (Å²) in [7, 11) is 0. The Hall–Kier alpha value is -2.88. The van der Waals surface area contributed by atoms with Crippen LogP contribution >= 0.6 is 0 Å². The third-order valence-corrected chi connectivity index (χ3v) is 3.39. The Labute approximate surface area is 127 Å². The number of carbonyl (C=O) groups is 1. The first-order chi connectivity index (χ1) is 10.4. The fraction of sp³-hybridized carbons (Fsp3) is 0.333. The van der Waals surface area contributed by atoms with Gasteiger partial charge in [0.2, 0.25) is 5.91 Å². The van der Waals surface area contributed by atoms with Crippen LogP contribution < -0.4 is 10.9 Å². The molecule has 0 bridgehead atoms. The van der Waals surface area contributed by atoms with Crippen LogP contribution in [0.1, 0.15) is 35.5 Å². The van der Waals surface area contributed by atoms with E-state index in [2.05, 4.69) is 10.4 Å². The quantitative estimate of drug-likeness (QED) is 0.914. The minimum atomic E-state index is -0.564. The van der Waals surface area contributed by atoms with E-state index in [4.69, 9.17) is 9.68 Å². The highest BCUT2D eigenvalue weighted by Crippen LogP contribution is 2.12. The van der Waals surface area contributed by atoms with Gasteiger partial charge in [-0.25, -0.2) is 4.68 Å². The summed E-state index contributed by atoms with van der Waals surface area (Å²) in [6.07, 6.45) is 1.52. The molecule has 1 N–H and O–H groups in total. The van der Waals surface area contributed by atoms with Gasteiger partial charge in [-0.3, -0.25) is 9.59 Å². The number of aromatic nitrogens is 2. The Balaban J connectivity index is 2.18. The minimum Gasteiger partial charge on any atom is -0.467 e. The van der Waals surface area contributed by atoms with Gasteiger partial charge >= 0.3 is 0 Å². The number of hydrogen-bond donors (Lipinski definition) is 1. The van der Waals surface area contributed by atoms with Gasteiger partial charge < -0.3 is 9.73 Å². The van der Waals surface area contributed by atoms with Crippen molar-refractivity contribution in [3.63, 3.8) is 0 Å². The number of aryl methyl sites for hydroxylation is 1. The highest BCUT2D eigenvalue weighted by Gasteiger charge is 2.16. The smallest absolute Gasteiger partial charge is 0.285 e. The van der Waals surface area contributed by atoms with Crippen LogP contribution in [0.2, 0.25) is 0 Å². The lowest BCUT2D eigenvalue weighted by Crippen LogP contribution is -2.36. The number of nitrogens with zero attached hydrogens (tertiary/aromatic N) is 3. The van der Waals surface area contributed by atoms with E-state index in [0.717, 1.165) is 4.68 Å². The number of amides is 1. The van der Waals surface area contributed by atoms with Crippen LogP contribution in [0, 0.1) is 25.2 Å². The Morgan fingerprint density at radius 2 is 2.27 bits per heavy atom. The van der Waals surface area contributed by atoms with Crippen molar-refractivity contribution in [3.8, 4) is 6.07 Å². The second kappa shape index (κ2) is 6.26. The lowest BCUT2D eigenvalue weighted by molar-refractivity contribution is -0.122. The minimum absolute atomic E-state index is 0.0133. The van der Waals surface area contributed by atoms with Crippen molar-refractivity contribution < 1.29 is 9.21 Å². The lowest BCUT2D eigenvalue weighted by Gasteiger charge is -2.13. The zero-order chi connectivity index (χ0) is 16.3. The number of hydrogen-bond acceptors (Lipinski definition) is 5. The summed E-state index contributed by atoms with van der Waals surface area (Å²) in [6, 6.07) is 5.02. The van der Waals surface area contributed by atoms with Crippen LogP contribution in [0.5, 0.6) is 0 Å². The van der Waals surface area contributed by atoms with E-state index in [-0.39, 0.29) is 24.1 Å². The fourth-order valence-electron chi connectivity index (χ4n) is 2.04. The average molecular weight is 300 g/mol. The molecule has 0 aliphatic heterocycles. The van der Waals surface area contributed by atoms with Crippen molar-refractivity contribution in [2.45, 2.75) is 33.4 Å². The molecule has 22 heavy (non-hydrogen) atoms. The zero-order valence-electron chi connectivity index (χ0n) is 12.6. The first-order valence-electron chi connectivity index (χ1n) is 6.75. The predicted molar refractivity (Wildman–Crippen MR) is 78.0 cm³/mol. The molecule has 0 saturated heterocycles. The van der Waals surface area contributed by atoms with Crippen molar-refractivity contribution in [3.05, 3.63) is 51.3 Å². The number of rotatable bonds is 4. The molecule has 2 heterocycles. The van der Waals surface area contributed by atoms with Crippen LogP contribution in [0.15, 0.2) is 27.6 Å². The van der Waals surface area contributed by atoms with E-state index in [1.165, 1.54) is 6.26 Å². The Kier molecular flexibility index (Phi) is 4.41. The lowest BCUT2D eigenvalue weighted by atomic mass is 10.1. The largest absolute Gasteiger partial charge is 0.467 e. The average Bonchev–Trinajstić information content (AvgIpc) is 2.99. The van der Waals surface area contributed by atoms with Crippen molar-refractivity contribution in [2.24, 2.45) is 0 Å². The van der Waals surface area contributed by atoms with E-state index in [0.29, 0.717) is 17.0 Å².